The first kappa shape index (κ1) is 17.7. The Bertz CT molecular complexity index is 643. The van der Waals surface area contributed by atoms with Crippen LogP contribution in [0.25, 0.3) is 0 Å². The lowest BCUT2D eigenvalue weighted by molar-refractivity contribution is 0.282. The molecule has 1 heterocycles. The maximum atomic E-state index is 12.7. The number of hydrogen-bond acceptors (Lipinski definition) is 5. The van der Waals surface area contributed by atoms with E-state index >= 15 is 0 Å². The average molecular weight is 332 g/mol. The van der Waals surface area contributed by atoms with Gasteiger partial charge in [-0.2, -0.15) is 9.57 Å². The zero-order valence-electron chi connectivity index (χ0n) is 11.9. The molecule has 8 heteroatoms. The molecule has 2 rings (SSSR count). The van der Waals surface area contributed by atoms with Gasteiger partial charge in [0, 0.05) is 25.7 Å². The van der Waals surface area contributed by atoms with Crippen molar-refractivity contribution in [1.29, 1.82) is 5.26 Å². The summed E-state index contributed by atoms with van der Waals surface area (Å²) in [5.74, 6) is 0.204. The largest absolute Gasteiger partial charge is 0.495 e. The van der Waals surface area contributed by atoms with Gasteiger partial charge in [-0.3, -0.25) is 0 Å². The number of ether oxygens (including phenoxy) is 1. The van der Waals surface area contributed by atoms with E-state index in [9.17, 15) is 8.42 Å². The lowest BCUT2D eigenvalue weighted by atomic mass is 10.2. The minimum Gasteiger partial charge on any atom is -0.495 e. The predicted octanol–water partition coefficient (Wildman–Crippen LogP) is 0.971. The second-order valence-electron chi connectivity index (χ2n) is 4.65. The van der Waals surface area contributed by atoms with Crippen LogP contribution in [0.4, 0.5) is 0 Å². The van der Waals surface area contributed by atoms with Crippen molar-refractivity contribution in [3.8, 4) is 11.8 Å². The molecule has 1 unspecified atom stereocenters. The van der Waals surface area contributed by atoms with Gasteiger partial charge in [0.05, 0.1) is 18.7 Å². The van der Waals surface area contributed by atoms with Crippen LogP contribution in [0, 0.1) is 11.3 Å². The SMILES string of the molecule is COc1cc(C#N)ccc1S(=O)(=O)N1CCNCC1C.Cl. The molecular formula is C13H18ClN3O3S. The fourth-order valence-corrected chi connectivity index (χ4v) is 4.03. The second-order valence-corrected chi connectivity index (χ2v) is 6.51. The zero-order valence-corrected chi connectivity index (χ0v) is 13.5. The summed E-state index contributed by atoms with van der Waals surface area (Å²) in [5.41, 5.74) is 0.370. The highest BCUT2D eigenvalue weighted by Crippen LogP contribution is 2.29. The Labute approximate surface area is 131 Å². The third-order valence-corrected chi connectivity index (χ3v) is 5.37. The molecule has 0 spiro atoms. The van der Waals surface area contributed by atoms with E-state index in [-0.39, 0.29) is 29.1 Å². The van der Waals surface area contributed by atoms with Crippen molar-refractivity contribution >= 4 is 22.4 Å². The Hall–Kier alpha value is -1.33. The van der Waals surface area contributed by atoms with Crippen LogP contribution in [0.5, 0.6) is 5.75 Å². The minimum absolute atomic E-state index is 0. The van der Waals surface area contributed by atoms with E-state index < -0.39 is 10.0 Å². The number of halogens is 1. The van der Waals surface area contributed by atoms with E-state index in [1.54, 1.807) is 0 Å². The molecule has 1 aromatic rings. The number of nitrogens with zero attached hydrogens (tertiary/aromatic N) is 2. The number of benzene rings is 1. The van der Waals surface area contributed by atoms with Gasteiger partial charge in [0.2, 0.25) is 10.0 Å². The zero-order chi connectivity index (χ0) is 14.8. The van der Waals surface area contributed by atoms with Gasteiger partial charge >= 0.3 is 0 Å². The minimum atomic E-state index is -3.62. The van der Waals surface area contributed by atoms with Gasteiger partial charge in [0.15, 0.2) is 0 Å². The van der Waals surface area contributed by atoms with Crippen LogP contribution < -0.4 is 10.1 Å². The van der Waals surface area contributed by atoms with Crippen molar-refractivity contribution < 1.29 is 13.2 Å². The van der Waals surface area contributed by atoms with Crippen LogP contribution in [-0.2, 0) is 10.0 Å². The van der Waals surface area contributed by atoms with E-state index in [1.165, 1.54) is 29.6 Å². The average Bonchev–Trinajstić information content (AvgIpc) is 2.46. The van der Waals surface area contributed by atoms with Crippen molar-refractivity contribution in [1.82, 2.24) is 9.62 Å². The van der Waals surface area contributed by atoms with Crippen LogP contribution in [0.1, 0.15) is 12.5 Å². The third kappa shape index (κ3) is 3.47. The number of piperazine rings is 1. The van der Waals surface area contributed by atoms with Gasteiger partial charge in [0.1, 0.15) is 10.6 Å². The maximum absolute atomic E-state index is 12.7. The molecule has 0 amide bonds. The molecule has 0 bridgehead atoms. The van der Waals surface area contributed by atoms with Crippen molar-refractivity contribution in [3.63, 3.8) is 0 Å². The molecule has 0 radical (unpaired) electrons. The lowest BCUT2D eigenvalue weighted by Crippen LogP contribution is -2.52. The quantitative estimate of drug-likeness (QED) is 0.892. The number of methoxy groups -OCH3 is 1. The summed E-state index contributed by atoms with van der Waals surface area (Å²) < 4.78 is 32.0. The van der Waals surface area contributed by atoms with Crippen molar-refractivity contribution in [2.45, 2.75) is 17.9 Å². The number of rotatable bonds is 3. The monoisotopic (exact) mass is 331 g/mol. The highest BCUT2D eigenvalue weighted by atomic mass is 35.5. The first-order chi connectivity index (χ1) is 9.50. The Balaban J connectivity index is 0.00000220. The molecule has 1 N–H and O–H groups in total. The highest BCUT2D eigenvalue weighted by Gasteiger charge is 2.33. The van der Waals surface area contributed by atoms with Gasteiger partial charge in [-0.15, -0.1) is 12.4 Å². The highest BCUT2D eigenvalue weighted by molar-refractivity contribution is 7.89. The lowest BCUT2D eigenvalue weighted by Gasteiger charge is -2.33. The van der Waals surface area contributed by atoms with Crippen LogP contribution in [0.15, 0.2) is 23.1 Å². The van der Waals surface area contributed by atoms with Crippen molar-refractivity contribution in [3.05, 3.63) is 23.8 Å². The fourth-order valence-electron chi connectivity index (χ4n) is 2.26. The summed E-state index contributed by atoms with van der Waals surface area (Å²) in [6, 6.07) is 6.22. The van der Waals surface area contributed by atoms with Crippen molar-refractivity contribution in [2.75, 3.05) is 26.7 Å². The molecule has 1 aromatic carbocycles. The molecule has 0 aliphatic carbocycles. The second kappa shape index (κ2) is 7.09. The Kier molecular flexibility index (Phi) is 5.98. The van der Waals surface area contributed by atoms with Gasteiger partial charge < -0.3 is 10.1 Å². The van der Waals surface area contributed by atoms with Crippen LogP contribution >= 0.6 is 12.4 Å². The smallest absolute Gasteiger partial charge is 0.247 e. The van der Waals surface area contributed by atoms with Gasteiger partial charge in [-0.1, -0.05) is 0 Å². The molecule has 1 fully saturated rings. The normalized spacial score (nSPS) is 19.4. The molecule has 1 aliphatic heterocycles. The van der Waals surface area contributed by atoms with E-state index in [4.69, 9.17) is 10.00 Å². The molecule has 1 saturated heterocycles. The summed E-state index contributed by atoms with van der Waals surface area (Å²) in [4.78, 5) is 0.104. The molecule has 1 atom stereocenters. The Morgan fingerprint density at radius 2 is 2.19 bits per heavy atom. The summed E-state index contributed by atoms with van der Waals surface area (Å²) >= 11 is 0. The van der Waals surface area contributed by atoms with Crippen LogP contribution in [0.3, 0.4) is 0 Å². The standard InChI is InChI=1S/C13H17N3O3S.ClH/c1-10-9-15-5-6-16(10)20(17,18)13-4-3-11(8-14)7-12(13)19-2;/h3-4,7,10,15H,5-6,9H2,1-2H3;1H. The third-order valence-electron chi connectivity index (χ3n) is 3.32. The molecule has 1 aliphatic rings. The van der Waals surface area contributed by atoms with Crippen LogP contribution in [-0.4, -0.2) is 45.5 Å². The molecule has 0 aromatic heterocycles. The number of sulfonamides is 1. The fraction of sp³-hybridized carbons (Fsp3) is 0.462. The Morgan fingerprint density at radius 3 is 2.76 bits per heavy atom. The molecule has 21 heavy (non-hydrogen) atoms. The number of nitriles is 1. The molecule has 6 nitrogen and oxygen atoms in total. The number of hydrogen-bond donors (Lipinski definition) is 1. The summed E-state index contributed by atoms with van der Waals surface area (Å²) in [7, 11) is -2.22. The van der Waals surface area contributed by atoms with E-state index in [2.05, 4.69) is 5.32 Å². The van der Waals surface area contributed by atoms with Gasteiger partial charge in [0.25, 0.3) is 0 Å². The molecule has 0 saturated carbocycles. The van der Waals surface area contributed by atoms with Gasteiger partial charge in [-0.25, -0.2) is 8.42 Å². The number of nitrogens with one attached hydrogen (secondary N) is 1. The maximum Gasteiger partial charge on any atom is 0.247 e. The van der Waals surface area contributed by atoms with Gasteiger partial charge in [-0.05, 0) is 25.1 Å². The van der Waals surface area contributed by atoms with Crippen molar-refractivity contribution in [2.24, 2.45) is 0 Å². The summed E-state index contributed by atoms with van der Waals surface area (Å²) in [5, 5.41) is 12.0. The topological polar surface area (TPSA) is 82.4 Å². The van der Waals surface area contributed by atoms with E-state index in [1.807, 2.05) is 13.0 Å². The first-order valence-electron chi connectivity index (χ1n) is 6.31. The summed E-state index contributed by atoms with van der Waals surface area (Å²) in [6.45, 7) is 3.53. The predicted molar refractivity (Wildman–Crippen MR) is 81.2 cm³/mol. The molecular weight excluding hydrogens is 314 g/mol. The Morgan fingerprint density at radius 1 is 1.48 bits per heavy atom. The van der Waals surface area contributed by atoms with E-state index in [0.717, 1.165) is 0 Å². The first-order valence-corrected chi connectivity index (χ1v) is 7.75. The van der Waals surface area contributed by atoms with Crippen LogP contribution in [0.2, 0.25) is 0 Å². The summed E-state index contributed by atoms with van der Waals surface area (Å²) in [6.07, 6.45) is 0. The van der Waals surface area contributed by atoms with E-state index in [0.29, 0.717) is 25.2 Å². The molecule has 116 valence electrons.